The molecule has 19 heavy (non-hydrogen) atoms. The average Bonchev–Trinajstić information content (AvgIpc) is 2.46. The van der Waals surface area contributed by atoms with Crippen LogP contribution in [0.3, 0.4) is 0 Å². The summed E-state index contributed by atoms with van der Waals surface area (Å²) in [6.07, 6.45) is 1.21. The molecule has 0 spiro atoms. The predicted octanol–water partition coefficient (Wildman–Crippen LogP) is 1.86. The van der Waals surface area contributed by atoms with Gasteiger partial charge < -0.3 is 14.6 Å². The number of carbonyl (C=O) groups is 1. The highest BCUT2D eigenvalue weighted by Crippen LogP contribution is 2.32. The van der Waals surface area contributed by atoms with Gasteiger partial charge in [-0.05, 0) is 18.2 Å². The molecule has 0 bridgehead atoms. The van der Waals surface area contributed by atoms with Crippen molar-refractivity contribution < 1.29 is 19.4 Å². The van der Waals surface area contributed by atoms with Crippen LogP contribution in [-0.4, -0.2) is 35.3 Å². The van der Waals surface area contributed by atoms with Crippen LogP contribution in [0.5, 0.6) is 11.5 Å². The lowest BCUT2D eigenvalue weighted by molar-refractivity contribution is 0.0690. The van der Waals surface area contributed by atoms with E-state index in [4.69, 9.17) is 14.6 Å². The van der Waals surface area contributed by atoms with E-state index >= 15 is 0 Å². The van der Waals surface area contributed by atoms with Crippen LogP contribution in [0, 0.1) is 0 Å². The van der Waals surface area contributed by atoms with E-state index in [0.717, 1.165) is 0 Å². The van der Waals surface area contributed by atoms with Crippen molar-refractivity contribution in [3.63, 3.8) is 0 Å². The van der Waals surface area contributed by atoms with Crippen molar-refractivity contribution in [3.8, 4) is 22.8 Å². The monoisotopic (exact) mass is 260 g/mol. The van der Waals surface area contributed by atoms with E-state index in [1.165, 1.54) is 19.5 Å². The smallest absolute Gasteiger partial charge is 0.354 e. The first-order chi connectivity index (χ1) is 9.15. The molecule has 2 rings (SSSR count). The van der Waals surface area contributed by atoms with Gasteiger partial charge in [0.15, 0.2) is 5.69 Å². The van der Waals surface area contributed by atoms with Gasteiger partial charge in [0.25, 0.3) is 0 Å². The van der Waals surface area contributed by atoms with Crippen molar-refractivity contribution in [2.75, 3.05) is 14.2 Å². The van der Waals surface area contributed by atoms with Gasteiger partial charge in [-0.2, -0.15) is 0 Å². The topological polar surface area (TPSA) is 81.5 Å². The molecule has 0 aliphatic rings. The van der Waals surface area contributed by atoms with Crippen molar-refractivity contribution in [2.24, 2.45) is 0 Å². The number of aromatic carboxylic acids is 1. The Labute approximate surface area is 109 Å². The minimum absolute atomic E-state index is 0.0668. The summed E-state index contributed by atoms with van der Waals surface area (Å²) in [5.74, 6) is 0.0960. The highest BCUT2D eigenvalue weighted by atomic mass is 16.5. The summed E-state index contributed by atoms with van der Waals surface area (Å²) < 4.78 is 10.4. The number of benzene rings is 1. The lowest BCUT2D eigenvalue weighted by Crippen LogP contribution is -2.01. The number of carboxylic acid groups (broad SMARTS) is 1. The summed E-state index contributed by atoms with van der Waals surface area (Å²) in [5, 5.41) is 8.92. The number of hydrogen-bond donors (Lipinski definition) is 1. The van der Waals surface area contributed by atoms with Crippen molar-refractivity contribution in [1.29, 1.82) is 0 Å². The van der Waals surface area contributed by atoms with E-state index in [1.54, 1.807) is 25.3 Å². The molecule has 0 atom stereocenters. The van der Waals surface area contributed by atoms with Crippen LogP contribution in [0.2, 0.25) is 0 Å². The molecule has 0 fully saturated rings. The number of aromatic nitrogens is 2. The number of hydrogen-bond acceptors (Lipinski definition) is 5. The molecule has 0 aliphatic carbocycles. The van der Waals surface area contributed by atoms with Crippen LogP contribution in [-0.2, 0) is 0 Å². The average molecular weight is 260 g/mol. The fourth-order valence-corrected chi connectivity index (χ4v) is 1.63. The van der Waals surface area contributed by atoms with Crippen molar-refractivity contribution >= 4 is 5.97 Å². The van der Waals surface area contributed by atoms with Gasteiger partial charge in [0.2, 0.25) is 0 Å². The summed E-state index contributed by atoms with van der Waals surface area (Å²) in [7, 11) is 3.08. The number of carboxylic acids is 1. The third-order valence-electron chi connectivity index (χ3n) is 2.57. The first-order valence-electron chi connectivity index (χ1n) is 5.43. The Balaban J connectivity index is 2.52. The number of ether oxygens (including phenoxy) is 2. The van der Waals surface area contributed by atoms with Gasteiger partial charge in [-0.1, -0.05) is 0 Å². The molecule has 0 amide bonds. The third-order valence-corrected chi connectivity index (χ3v) is 2.57. The fraction of sp³-hybridized carbons (Fsp3) is 0.154. The maximum Gasteiger partial charge on any atom is 0.354 e. The molecule has 6 nitrogen and oxygen atoms in total. The Morgan fingerprint density at radius 2 is 1.95 bits per heavy atom. The second-order valence-corrected chi connectivity index (χ2v) is 3.66. The summed E-state index contributed by atoms with van der Waals surface area (Å²) >= 11 is 0. The van der Waals surface area contributed by atoms with Gasteiger partial charge in [0.05, 0.1) is 19.9 Å². The highest BCUT2D eigenvalue weighted by Gasteiger charge is 2.12. The quantitative estimate of drug-likeness (QED) is 0.903. The molecule has 1 N–H and O–H groups in total. The van der Waals surface area contributed by atoms with E-state index in [9.17, 15) is 4.79 Å². The molecule has 0 radical (unpaired) electrons. The lowest BCUT2D eigenvalue weighted by atomic mass is 10.1. The second kappa shape index (κ2) is 5.34. The molecular weight excluding hydrogens is 248 g/mol. The van der Waals surface area contributed by atoms with Crippen LogP contribution >= 0.6 is 0 Å². The first-order valence-corrected chi connectivity index (χ1v) is 5.43. The first kappa shape index (κ1) is 12.8. The standard InChI is InChI=1S/C13H12N2O4/c1-18-8-3-4-9(12(5-8)19-2)10-6-11(13(16)17)15-7-14-10/h3-7H,1-2H3,(H,16,17). The molecule has 0 saturated heterocycles. The molecule has 0 unspecified atom stereocenters. The van der Waals surface area contributed by atoms with Gasteiger partial charge in [-0.25, -0.2) is 14.8 Å². The molecule has 2 aromatic rings. The van der Waals surface area contributed by atoms with Crippen LogP contribution in [0.15, 0.2) is 30.6 Å². The van der Waals surface area contributed by atoms with Crippen LogP contribution < -0.4 is 9.47 Å². The predicted molar refractivity (Wildman–Crippen MR) is 67.5 cm³/mol. The van der Waals surface area contributed by atoms with Gasteiger partial charge in [-0.15, -0.1) is 0 Å². The van der Waals surface area contributed by atoms with E-state index in [0.29, 0.717) is 22.8 Å². The minimum atomic E-state index is -1.10. The number of methoxy groups -OCH3 is 2. The highest BCUT2D eigenvalue weighted by molar-refractivity contribution is 5.87. The zero-order valence-electron chi connectivity index (χ0n) is 10.5. The second-order valence-electron chi connectivity index (χ2n) is 3.66. The SMILES string of the molecule is COc1ccc(-c2cc(C(=O)O)ncn2)c(OC)c1. The number of rotatable bonds is 4. The van der Waals surface area contributed by atoms with Crippen LogP contribution in [0.4, 0.5) is 0 Å². The molecule has 98 valence electrons. The third kappa shape index (κ3) is 2.62. The van der Waals surface area contributed by atoms with Gasteiger partial charge >= 0.3 is 5.97 Å². The van der Waals surface area contributed by atoms with Crippen LogP contribution in [0.25, 0.3) is 11.3 Å². The molecular formula is C13H12N2O4. The maximum absolute atomic E-state index is 10.9. The largest absolute Gasteiger partial charge is 0.497 e. The molecule has 0 saturated carbocycles. The Morgan fingerprint density at radius 3 is 2.58 bits per heavy atom. The molecule has 1 aromatic carbocycles. The molecule has 0 aliphatic heterocycles. The fourth-order valence-electron chi connectivity index (χ4n) is 1.63. The summed E-state index contributed by atoms with van der Waals surface area (Å²) in [5.41, 5.74) is 1.09. The van der Waals surface area contributed by atoms with E-state index in [2.05, 4.69) is 9.97 Å². The number of nitrogens with zero attached hydrogens (tertiary/aromatic N) is 2. The zero-order chi connectivity index (χ0) is 13.8. The Morgan fingerprint density at radius 1 is 1.16 bits per heavy atom. The molecule has 1 heterocycles. The van der Waals surface area contributed by atoms with Gasteiger partial charge in [-0.3, -0.25) is 0 Å². The Bertz CT molecular complexity index is 613. The van der Waals surface area contributed by atoms with E-state index in [-0.39, 0.29) is 5.69 Å². The lowest BCUT2D eigenvalue weighted by Gasteiger charge is -2.09. The van der Waals surface area contributed by atoms with E-state index in [1.807, 2.05) is 0 Å². The zero-order valence-corrected chi connectivity index (χ0v) is 10.5. The Hall–Kier alpha value is -2.63. The molecule has 1 aromatic heterocycles. The normalized spacial score (nSPS) is 10.0. The summed E-state index contributed by atoms with van der Waals surface area (Å²) in [6, 6.07) is 6.61. The van der Waals surface area contributed by atoms with Crippen molar-refractivity contribution in [2.45, 2.75) is 0 Å². The van der Waals surface area contributed by atoms with Crippen molar-refractivity contribution in [1.82, 2.24) is 9.97 Å². The Kier molecular flexibility index (Phi) is 3.61. The van der Waals surface area contributed by atoms with E-state index < -0.39 is 5.97 Å². The van der Waals surface area contributed by atoms with Crippen LogP contribution in [0.1, 0.15) is 10.5 Å². The minimum Gasteiger partial charge on any atom is -0.497 e. The van der Waals surface area contributed by atoms with Crippen molar-refractivity contribution in [3.05, 3.63) is 36.3 Å². The van der Waals surface area contributed by atoms with Gasteiger partial charge in [0.1, 0.15) is 17.8 Å². The summed E-state index contributed by atoms with van der Waals surface area (Å²) in [6.45, 7) is 0. The maximum atomic E-state index is 10.9. The van der Waals surface area contributed by atoms with Gasteiger partial charge in [0, 0.05) is 11.6 Å². The summed E-state index contributed by atoms with van der Waals surface area (Å²) in [4.78, 5) is 18.6. The molecule has 6 heteroatoms.